The van der Waals surface area contributed by atoms with Gasteiger partial charge in [-0.05, 0) is 78.2 Å². The summed E-state index contributed by atoms with van der Waals surface area (Å²) in [6.45, 7) is 6.70. The second kappa shape index (κ2) is 11.1. The molecule has 3 N–H and O–H groups in total. The highest BCUT2D eigenvalue weighted by Gasteiger charge is 2.28. The molecule has 37 heavy (non-hydrogen) atoms. The van der Waals surface area contributed by atoms with Crippen LogP contribution in [0.5, 0.6) is 5.88 Å². The zero-order valence-corrected chi connectivity index (χ0v) is 23.3. The minimum Gasteiger partial charge on any atom is -0.482 e. The zero-order valence-electron chi connectivity index (χ0n) is 22.5. The van der Waals surface area contributed by atoms with Gasteiger partial charge in [0.1, 0.15) is 11.3 Å². The van der Waals surface area contributed by atoms with Crippen molar-refractivity contribution in [2.45, 2.75) is 65.1 Å². The Morgan fingerprint density at radius 2 is 1.84 bits per heavy atom. The summed E-state index contributed by atoms with van der Waals surface area (Å²) in [4.78, 5) is 41.4. The van der Waals surface area contributed by atoms with Crippen LogP contribution >= 0.6 is 11.6 Å². The summed E-state index contributed by atoms with van der Waals surface area (Å²) < 4.78 is 5.39. The number of rotatable bonds is 8. The molecule has 1 aliphatic rings. The van der Waals surface area contributed by atoms with Gasteiger partial charge in [0.05, 0.1) is 19.2 Å². The number of amides is 1. The number of carbonyl (C=O) groups excluding carboxylic acids is 1. The third-order valence-electron chi connectivity index (χ3n) is 7.54. The van der Waals surface area contributed by atoms with Crippen molar-refractivity contribution in [3.63, 3.8) is 0 Å². The van der Waals surface area contributed by atoms with E-state index in [2.05, 4.69) is 51.1 Å². The van der Waals surface area contributed by atoms with Crippen molar-refractivity contribution < 1.29 is 9.53 Å². The number of ether oxygens (including phenoxy) is 1. The van der Waals surface area contributed by atoms with Crippen molar-refractivity contribution in [3.05, 3.63) is 49.9 Å². The van der Waals surface area contributed by atoms with Gasteiger partial charge in [0.2, 0.25) is 11.3 Å². The Bertz CT molecular complexity index is 1340. The molecule has 9 nitrogen and oxygen atoms in total. The quantitative estimate of drug-likeness (QED) is 0.405. The summed E-state index contributed by atoms with van der Waals surface area (Å²) in [7, 11) is 5.76. The normalized spacial score (nSPS) is 17.8. The molecule has 0 spiro atoms. The molecule has 1 aliphatic carbocycles. The molecule has 10 heteroatoms. The van der Waals surface area contributed by atoms with E-state index in [0.717, 1.165) is 43.5 Å². The van der Waals surface area contributed by atoms with Gasteiger partial charge in [-0.25, -0.2) is 4.98 Å². The fraction of sp³-hybridized carbons (Fsp3) is 0.519. The Kier molecular flexibility index (Phi) is 8.14. The van der Waals surface area contributed by atoms with Gasteiger partial charge >= 0.3 is 0 Å². The topological polar surface area (TPSA) is 106 Å². The van der Waals surface area contributed by atoms with Crippen molar-refractivity contribution in [2.24, 2.45) is 0 Å². The third-order valence-corrected chi connectivity index (χ3v) is 7.75. The number of carbonyl (C=O) groups is 1. The van der Waals surface area contributed by atoms with Crippen LogP contribution in [-0.2, 0) is 6.54 Å². The minimum absolute atomic E-state index is 0.00131. The molecule has 0 radical (unpaired) electrons. The van der Waals surface area contributed by atoms with Gasteiger partial charge in [-0.2, -0.15) is 0 Å². The molecule has 1 aromatic carbocycles. The summed E-state index contributed by atoms with van der Waals surface area (Å²) >= 11 is 6.53. The molecule has 0 unspecified atom stereocenters. The molecule has 4 rings (SSSR count). The van der Waals surface area contributed by atoms with Crippen LogP contribution in [-0.4, -0.2) is 65.6 Å². The molecule has 3 aromatic rings. The van der Waals surface area contributed by atoms with Crippen molar-refractivity contribution in [1.29, 1.82) is 0 Å². The lowest BCUT2D eigenvalue weighted by molar-refractivity contribution is 0.0950. The number of aromatic amines is 2. The van der Waals surface area contributed by atoms with E-state index < -0.39 is 0 Å². The number of nitrogens with zero attached hydrogens (tertiary/aromatic N) is 3. The summed E-state index contributed by atoms with van der Waals surface area (Å²) in [6, 6.07) is 4.66. The van der Waals surface area contributed by atoms with Gasteiger partial charge in [-0.1, -0.05) is 11.6 Å². The van der Waals surface area contributed by atoms with Crippen molar-refractivity contribution in [1.82, 2.24) is 25.2 Å². The molecule has 0 bridgehead atoms. The molecule has 2 heterocycles. The van der Waals surface area contributed by atoms with Crippen molar-refractivity contribution in [3.8, 4) is 5.88 Å². The number of hydrogen-bond donors (Lipinski definition) is 3. The Morgan fingerprint density at radius 1 is 1.16 bits per heavy atom. The molecule has 1 fully saturated rings. The highest BCUT2D eigenvalue weighted by molar-refractivity contribution is 6.31. The van der Waals surface area contributed by atoms with E-state index in [1.165, 1.54) is 7.11 Å². The maximum Gasteiger partial charge on any atom is 0.251 e. The Labute approximate surface area is 222 Å². The number of pyridine rings is 1. The molecule has 2 aromatic heterocycles. The van der Waals surface area contributed by atoms with Crippen LogP contribution in [0.3, 0.4) is 0 Å². The molecule has 1 amide bonds. The summed E-state index contributed by atoms with van der Waals surface area (Å²) in [5.41, 5.74) is 3.18. The standard InChI is InChI=1S/C27H37ClN6O3/c1-7-34(19-10-8-18(9-11-19)33(4)5)22-13-17(28)12-20(15(22)2)26(36)29-14-21-24(35)23-25(31-16(3)30-23)32-27(21)37-6/h12-13,18-19H,7-11,14H2,1-6H3,(H,29,36)(H2,30,31,32,35)/t18-,19-. The van der Waals surface area contributed by atoms with E-state index in [1.54, 1.807) is 13.0 Å². The highest BCUT2D eigenvalue weighted by Crippen LogP contribution is 2.34. The first-order chi connectivity index (χ1) is 17.6. The largest absolute Gasteiger partial charge is 0.482 e. The van der Waals surface area contributed by atoms with Crippen LogP contribution in [0.15, 0.2) is 16.9 Å². The second-order valence-corrected chi connectivity index (χ2v) is 10.4. The number of benzene rings is 1. The lowest BCUT2D eigenvalue weighted by atomic mass is 9.89. The average Bonchev–Trinajstić information content (AvgIpc) is 3.26. The number of methoxy groups -OCH3 is 1. The van der Waals surface area contributed by atoms with E-state index in [9.17, 15) is 9.59 Å². The fourth-order valence-corrected chi connectivity index (χ4v) is 5.70. The highest BCUT2D eigenvalue weighted by atomic mass is 35.5. The Hall–Kier alpha value is -3.04. The molecule has 1 saturated carbocycles. The lowest BCUT2D eigenvalue weighted by Crippen LogP contribution is -2.42. The SMILES string of the molecule is CCN(c1cc(Cl)cc(C(=O)NCc2c(OC)[nH]c3nc(C)[nH]c3c2=O)c1C)[C@H]1CC[C@H](N(C)C)CC1. The van der Waals surface area contributed by atoms with Crippen LogP contribution in [0.1, 0.15) is 59.9 Å². The van der Waals surface area contributed by atoms with E-state index >= 15 is 0 Å². The van der Waals surface area contributed by atoms with Crippen molar-refractivity contribution in [2.75, 3.05) is 32.6 Å². The number of nitrogens with one attached hydrogen (secondary N) is 3. The number of hydrogen-bond acceptors (Lipinski definition) is 6. The first kappa shape index (κ1) is 27.0. The molecular formula is C27H37ClN6O3. The molecular weight excluding hydrogens is 492 g/mol. The molecule has 0 aliphatic heterocycles. The smallest absolute Gasteiger partial charge is 0.251 e. The summed E-state index contributed by atoms with van der Waals surface area (Å²) in [6.07, 6.45) is 4.50. The number of anilines is 1. The number of aryl methyl sites for hydroxylation is 1. The van der Waals surface area contributed by atoms with Gasteiger partial charge in [0, 0.05) is 34.9 Å². The third kappa shape index (κ3) is 5.48. The van der Waals surface area contributed by atoms with Gasteiger partial charge in [-0.3, -0.25) is 9.59 Å². The van der Waals surface area contributed by atoms with Crippen molar-refractivity contribution >= 4 is 34.4 Å². The van der Waals surface area contributed by atoms with Gasteiger partial charge in [-0.15, -0.1) is 0 Å². The Balaban J connectivity index is 1.57. The van der Waals surface area contributed by atoms with E-state index in [4.69, 9.17) is 16.3 Å². The van der Waals surface area contributed by atoms with Crippen LogP contribution in [0.2, 0.25) is 5.02 Å². The number of aromatic nitrogens is 3. The molecule has 0 saturated heterocycles. The fourth-order valence-electron chi connectivity index (χ4n) is 5.49. The maximum atomic E-state index is 13.4. The Morgan fingerprint density at radius 3 is 2.46 bits per heavy atom. The first-order valence-electron chi connectivity index (χ1n) is 12.8. The summed E-state index contributed by atoms with van der Waals surface area (Å²) in [5, 5.41) is 3.41. The minimum atomic E-state index is -0.295. The zero-order chi connectivity index (χ0) is 26.9. The lowest BCUT2D eigenvalue weighted by Gasteiger charge is -2.40. The number of imidazole rings is 1. The van der Waals surface area contributed by atoms with Crippen LogP contribution < -0.4 is 20.4 Å². The van der Waals surface area contributed by atoms with Crippen LogP contribution in [0, 0.1) is 13.8 Å². The first-order valence-corrected chi connectivity index (χ1v) is 13.2. The number of halogens is 1. The maximum absolute atomic E-state index is 13.4. The predicted molar refractivity (Wildman–Crippen MR) is 148 cm³/mol. The monoisotopic (exact) mass is 528 g/mol. The number of fused-ring (bicyclic) bond motifs is 1. The van der Waals surface area contributed by atoms with Gasteiger partial charge < -0.3 is 29.8 Å². The van der Waals surface area contributed by atoms with E-state index in [0.29, 0.717) is 45.2 Å². The van der Waals surface area contributed by atoms with Gasteiger partial charge in [0.15, 0.2) is 5.65 Å². The summed E-state index contributed by atoms with van der Waals surface area (Å²) in [5.74, 6) is 0.596. The number of H-pyrrole nitrogens is 2. The molecule has 0 atom stereocenters. The van der Waals surface area contributed by atoms with Crippen LogP contribution in [0.25, 0.3) is 11.2 Å². The molecule has 200 valence electrons. The van der Waals surface area contributed by atoms with E-state index in [1.807, 2.05) is 13.0 Å². The van der Waals surface area contributed by atoms with E-state index in [-0.39, 0.29) is 23.8 Å². The average molecular weight is 529 g/mol. The van der Waals surface area contributed by atoms with Gasteiger partial charge in [0.25, 0.3) is 5.91 Å². The van der Waals surface area contributed by atoms with Crippen LogP contribution in [0.4, 0.5) is 5.69 Å². The second-order valence-electron chi connectivity index (χ2n) is 10.0. The predicted octanol–water partition coefficient (Wildman–Crippen LogP) is 4.16.